The molecule has 0 spiro atoms. The lowest BCUT2D eigenvalue weighted by Crippen LogP contribution is -2.29. The maximum absolute atomic E-state index is 12.9. The molecule has 7 heteroatoms. The number of Topliss-reactive ketones (excluding diaryl/α,β-unsaturated/α-hetero) is 1. The summed E-state index contributed by atoms with van der Waals surface area (Å²) in [4.78, 5) is 30.9. The zero-order valence-corrected chi connectivity index (χ0v) is 15.3. The normalized spacial score (nSPS) is 18.6. The Morgan fingerprint density at radius 3 is 2.36 bits per heavy atom. The number of benzene rings is 1. The van der Waals surface area contributed by atoms with Crippen LogP contribution in [0.2, 0.25) is 0 Å². The van der Waals surface area contributed by atoms with Crippen LogP contribution in [0.15, 0.2) is 65.0 Å². The maximum Gasteiger partial charge on any atom is 0.301 e. The van der Waals surface area contributed by atoms with E-state index in [1.54, 1.807) is 49.6 Å². The lowest BCUT2D eigenvalue weighted by atomic mass is 9.95. The van der Waals surface area contributed by atoms with Gasteiger partial charge < -0.3 is 9.63 Å². The second-order valence-electron chi connectivity index (χ2n) is 6.61. The van der Waals surface area contributed by atoms with Gasteiger partial charge in [-0.2, -0.15) is 0 Å². The summed E-state index contributed by atoms with van der Waals surface area (Å²) in [6.07, 6.45) is 3.13. The lowest BCUT2D eigenvalue weighted by Gasteiger charge is -2.22. The quantitative estimate of drug-likeness (QED) is 0.429. The van der Waals surface area contributed by atoms with Gasteiger partial charge in [-0.15, -0.1) is 0 Å². The van der Waals surface area contributed by atoms with E-state index in [9.17, 15) is 14.7 Å². The first-order valence-corrected chi connectivity index (χ1v) is 8.68. The Balaban J connectivity index is 1.93. The summed E-state index contributed by atoms with van der Waals surface area (Å²) >= 11 is 0. The zero-order chi connectivity index (χ0) is 19.8. The van der Waals surface area contributed by atoms with E-state index in [1.807, 2.05) is 19.1 Å². The van der Waals surface area contributed by atoms with Gasteiger partial charge in [-0.25, -0.2) is 0 Å². The van der Waals surface area contributed by atoms with Gasteiger partial charge in [-0.3, -0.25) is 19.5 Å². The first kappa shape index (κ1) is 17.7. The van der Waals surface area contributed by atoms with Crippen molar-refractivity contribution in [2.45, 2.75) is 19.9 Å². The van der Waals surface area contributed by atoms with E-state index in [0.29, 0.717) is 16.9 Å². The van der Waals surface area contributed by atoms with E-state index < -0.39 is 17.7 Å². The lowest BCUT2D eigenvalue weighted by molar-refractivity contribution is -0.132. The minimum absolute atomic E-state index is 0.000654. The second kappa shape index (κ2) is 6.77. The summed E-state index contributed by atoms with van der Waals surface area (Å²) in [5, 5.41) is 14.8. The molecule has 0 bridgehead atoms. The van der Waals surface area contributed by atoms with Crippen molar-refractivity contribution < 1.29 is 19.2 Å². The number of aryl methyl sites for hydroxylation is 2. The molecule has 0 saturated carbocycles. The Bertz CT molecular complexity index is 1080. The highest BCUT2D eigenvalue weighted by molar-refractivity contribution is 6.51. The fourth-order valence-electron chi connectivity index (χ4n) is 3.26. The molecule has 3 heterocycles. The van der Waals surface area contributed by atoms with Crippen molar-refractivity contribution >= 4 is 23.3 Å². The standard InChI is InChI=1S/C21H17N3O4/c1-12-3-5-15(6-4-12)19(25)17-18(14-7-9-22-10-8-14)24(21(27)20(17)26)16-11-13(2)28-23-16/h3-11,18,25H,1-2H3/b19-17+/t18-/m0/s1. The third-order valence-corrected chi connectivity index (χ3v) is 4.65. The van der Waals surface area contributed by atoms with Crippen molar-refractivity contribution in [2.24, 2.45) is 0 Å². The highest BCUT2D eigenvalue weighted by Gasteiger charge is 2.48. The van der Waals surface area contributed by atoms with Crippen LogP contribution >= 0.6 is 0 Å². The number of aromatic nitrogens is 2. The minimum atomic E-state index is -0.839. The van der Waals surface area contributed by atoms with E-state index in [2.05, 4.69) is 10.1 Å². The van der Waals surface area contributed by atoms with E-state index >= 15 is 0 Å². The zero-order valence-electron chi connectivity index (χ0n) is 15.3. The fourth-order valence-corrected chi connectivity index (χ4v) is 3.26. The van der Waals surface area contributed by atoms with Crippen LogP contribution in [0.1, 0.15) is 28.5 Å². The molecule has 4 rings (SSSR count). The molecule has 7 nitrogen and oxygen atoms in total. The highest BCUT2D eigenvalue weighted by atomic mass is 16.5. The summed E-state index contributed by atoms with van der Waals surface area (Å²) in [5.74, 6) is -1.07. The van der Waals surface area contributed by atoms with E-state index in [0.717, 1.165) is 5.56 Å². The first-order chi connectivity index (χ1) is 13.5. The molecule has 140 valence electrons. The van der Waals surface area contributed by atoms with Crippen LogP contribution < -0.4 is 4.90 Å². The van der Waals surface area contributed by atoms with Crippen LogP contribution in [-0.4, -0.2) is 26.9 Å². The largest absolute Gasteiger partial charge is 0.507 e. The molecule has 1 N–H and O–H groups in total. The van der Waals surface area contributed by atoms with Crippen LogP contribution in [-0.2, 0) is 9.59 Å². The first-order valence-electron chi connectivity index (χ1n) is 8.68. The number of hydrogen-bond donors (Lipinski definition) is 1. The van der Waals surface area contributed by atoms with Gasteiger partial charge in [0.25, 0.3) is 5.78 Å². The smallest absolute Gasteiger partial charge is 0.301 e. The monoisotopic (exact) mass is 375 g/mol. The van der Waals surface area contributed by atoms with Gasteiger partial charge in [0.05, 0.1) is 11.6 Å². The number of carbonyl (C=O) groups is 2. The van der Waals surface area contributed by atoms with Crippen LogP contribution in [0.5, 0.6) is 0 Å². The molecule has 1 amide bonds. The molecule has 1 aliphatic rings. The van der Waals surface area contributed by atoms with Gasteiger partial charge in [0.15, 0.2) is 5.82 Å². The predicted octanol–water partition coefficient (Wildman–Crippen LogP) is 3.31. The average Bonchev–Trinajstić information content (AvgIpc) is 3.24. The third kappa shape index (κ3) is 2.87. The van der Waals surface area contributed by atoms with Crippen LogP contribution in [0, 0.1) is 13.8 Å². The number of anilines is 1. The molecule has 2 aromatic heterocycles. The van der Waals surface area contributed by atoms with Gasteiger partial charge >= 0.3 is 5.91 Å². The van der Waals surface area contributed by atoms with Gasteiger partial charge in [-0.1, -0.05) is 35.0 Å². The molecule has 1 aromatic carbocycles. The van der Waals surface area contributed by atoms with E-state index in [-0.39, 0.29) is 17.2 Å². The molecule has 0 unspecified atom stereocenters. The summed E-state index contributed by atoms with van der Waals surface area (Å²) < 4.78 is 5.09. The molecular weight excluding hydrogens is 358 g/mol. The summed E-state index contributed by atoms with van der Waals surface area (Å²) in [6, 6.07) is 11.2. The van der Waals surface area contributed by atoms with E-state index in [4.69, 9.17) is 4.52 Å². The minimum Gasteiger partial charge on any atom is -0.507 e. The predicted molar refractivity (Wildman–Crippen MR) is 101 cm³/mol. The van der Waals surface area contributed by atoms with Gasteiger partial charge in [0.2, 0.25) is 0 Å². The summed E-state index contributed by atoms with van der Waals surface area (Å²) in [7, 11) is 0. The Labute approximate surface area is 160 Å². The number of carbonyl (C=O) groups excluding carboxylic acids is 2. The van der Waals surface area contributed by atoms with Crippen molar-refractivity contribution in [1.29, 1.82) is 0 Å². The topological polar surface area (TPSA) is 96.5 Å². The van der Waals surface area contributed by atoms with Crippen molar-refractivity contribution in [3.63, 3.8) is 0 Å². The Hall–Kier alpha value is -3.74. The van der Waals surface area contributed by atoms with Crippen LogP contribution in [0.4, 0.5) is 5.82 Å². The fraction of sp³-hybridized carbons (Fsp3) is 0.143. The van der Waals surface area contributed by atoms with Crippen LogP contribution in [0.25, 0.3) is 5.76 Å². The molecule has 1 saturated heterocycles. The second-order valence-corrected chi connectivity index (χ2v) is 6.61. The van der Waals surface area contributed by atoms with Crippen molar-refractivity contribution in [1.82, 2.24) is 10.1 Å². The number of nitrogens with zero attached hydrogens (tertiary/aromatic N) is 3. The van der Waals surface area contributed by atoms with Crippen molar-refractivity contribution in [3.05, 3.63) is 82.9 Å². The van der Waals surface area contributed by atoms with Crippen LogP contribution in [0.3, 0.4) is 0 Å². The maximum atomic E-state index is 12.9. The molecule has 1 atom stereocenters. The van der Waals surface area contributed by atoms with Gasteiger partial charge in [-0.05, 0) is 31.5 Å². The Morgan fingerprint density at radius 2 is 1.75 bits per heavy atom. The number of amides is 1. The molecule has 0 radical (unpaired) electrons. The third-order valence-electron chi connectivity index (χ3n) is 4.65. The number of hydrogen-bond acceptors (Lipinski definition) is 6. The number of ketones is 1. The average molecular weight is 375 g/mol. The molecule has 3 aromatic rings. The molecule has 1 aliphatic heterocycles. The Kier molecular flexibility index (Phi) is 4.27. The summed E-state index contributed by atoms with van der Waals surface area (Å²) in [5.41, 5.74) is 2.10. The van der Waals surface area contributed by atoms with Crippen molar-refractivity contribution in [2.75, 3.05) is 4.90 Å². The molecule has 1 fully saturated rings. The van der Waals surface area contributed by atoms with E-state index in [1.165, 1.54) is 4.90 Å². The van der Waals surface area contributed by atoms with Gasteiger partial charge in [0.1, 0.15) is 11.5 Å². The van der Waals surface area contributed by atoms with Crippen molar-refractivity contribution in [3.8, 4) is 0 Å². The number of pyridine rings is 1. The van der Waals surface area contributed by atoms with Gasteiger partial charge in [0, 0.05) is 24.0 Å². The highest BCUT2D eigenvalue weighted by Crippen LogP contribution is 2.41. The number of aliphatic hydroxyl groups excluding tert-OH is 1. The number of rotatable bonds is 3. The molecule has 28 heavy (non-hydrogen) atoms. The Morgan fingerprint density at radius 1 is 1.07 bits per heavy atom. The summed E-state index contributed by atoms with van der Waals surface area (Å²) in [6.45, 7) is 3.62. The molecule has 0 aliphatic carbocycles. The number of aliphatic hydroxyl groups is 1. The SMILES string of the molecule is Cc1ccc(/C(O)=C2\C(=O)C(=O)N(c3cc(C)on3)[C@H]2c2ccncc2)cc1. The molecular formula is C21H17N3O4.